The average Bonchev–Trinajstić information content (AvgIpc) is 3.08. The molecule has 1 aliphatic rings. The third kappa shape index (κ3) is 6.86. The van der Waals surface area contributed by atoms with Crippen molar-refractivity contribution in [2.75, 3.05) is 6.54 Å². The number of benzene rings is 1. The van der Waals surface area contributed by atoms with E-state index >= 15 is 0 Å². The van der Waals surface area contributed by atoms with Gasteiger partial charge in [0, 0.05) is 11.4 Å². The van der Waals surface area contributed by atoms with E-state index < -0.39 is 5.06 Å². The lowest BCUT2D eigenvalue weighted by Gasteiger charge is -2.20. The number of alkyl halides is 1. The van der Waals surface area contributed by atoms with Crippen molar-refractivity contribution in [1.29, 1.82) is 0 Å². The maximum Gasteiger partial charge on any atom is 0.156 e. The van der Waals surface area contributed by atoms with Crippen molar-refractivity contribution in [3.63, 3.8) is 0 Å². The summed E-state index contributed by atoms with van der Waals surface area (Å²) in [6.07, 6.45) is 4.75. The summed E-state index contributed by atoms with van der Waals surface area (Å²) in [5, 5.41) is 8.84. The van der Waals surface area contributed by atoms with Gasteiger partial charge in [0.25, 0.3) is 0 Å². The zero-order valence-corrected chi connectivity index (χ0v) is 11.1. The average molecular weight is 277 g/mol. The highest BCUT2D eigenvalue weighted by Crippen LogP contribution is 2.23. The fourth-order valence-electron chi connectivity index (χ4n) is 1.15. The Labute approximate surface area is 112 Å². The minimum absolute atomic E-state index is 0.0970. The zero-order chi connectivity index (χ0) is 12.7. The summed E-state index contributed by atoms with van der Waals surface area (Å²) in [5.41, 5.74) is 3.12. The van der Waals surface area contributed by atoms with Crippen LogP contribution in [0.1, 0.15) is 24.8 Å². The molecule has 4 N–H and O–H groups in total. The molecular weight excluding hydrogens is 259 g/mol. The van der Waals surface area contributed by atoms with Crippen LogP contribution in [-0.2, 0) is 6.42 Å². The molecule has 1 aliphatic carbocycles. The molecule has 1 unspecified atom stereocenters. The third-order valence-electron chi connectivity index (χ3n) is 2.15. The molecule has 0 aromatic heterocycles. The molecule has 5 heteroatoms. The predicted octanol–water partition coefficient (Wildman–Crippen LogP) is 2.44. The maximum absolute atomic E-state index is 9.66. The van der Waals surface area contributed by atoms with Crippen LogP contribution >= 0.6 is 23.2 Å². The van der Waals surface area contributed by atoms with E-state index in [1.165, 1.54) is 19.3 Å². The molecule has 3 nitrogen and oxygen atoms in total. The van der Waals surface area contributed by atoms with E-state index in [1.807, 2.05) is 18.2 Å². The molecule has 2 rings (SSSR count). The maximum atomic E-state index is 9.66. The summed E-state index contributed by atoms with van der Waals surface area (Å²) in [7, 11) is 0. The predicted molar refractivity (Wildman–Crippen MR) is 72.0 cm³/mol. The Hall–Kier alpha value is -0.320. The Balaban J connectivity index is 0.000000415. The van der Waals surface area contributed by atoms with E-state index in [0.717, 1.165) is 5.56 Å². The van der Waals surface area contributed by atoms with Gasteiger partial charge < -0.3 is 5.11 Å². The fourth-order valence-corrected chi connectivity index (χ4v) is 1.58. The monoisotopic (exact) mass is 276 g/mol. The van der Waals surface area contributed by atoms with Crippen LogP contribution in [0.25, 0.3) is 0 Å². The zero-order valence-electron chi connectivity index (χ0n) is 9.63. The van der Waals surface area contributed by atoms with Gasteiger partial charge in [-0.15, -0.1) is 0 Å². The molecule has 96 valence electrons. The summed E-state index contributed by atoms with van der Waals surface area (Å²) in [6.45, 7) is 0.0970. The molecule has 0 bridgehead atoms. The second-order valence-electron chi connectivity index (χ2n) is 4.13. The van der Waals surface area contributed by atoms with E-state index in [9.17, 15) is 5.11 Å². The number of hydrogen-bond donors (Lipinski definition) is 3. The Morgan fingerprint density at radius 3 is 2.35 bits per heavy atom. The van der Waals surface area contributed by atoms with Crippen molar-refractivity contribution < 1.29 is 5.11 Å². The summed E-state index contributed by atoms with van der Waals surface area (Å²) >= 11 is 11.7. The van der Waals surface area contributed by atoms with Gasteiger partial charge in [0.1, 0.15) is 0 Å². The number of hydrazine groups is 1. The molecule has 0 saturated heterocycles. The molecule has 0 amide bonds. The van der Waals surface area contributed by atoms with E-state index in [1.54, 1.807) is 6.07 Å². The number of nitrogens with one attached hydrogen (secondary N) is 1. The Kier molecular flexibility index (Phi) is 6.23. The Morgan fingerprint density at radius 2 is 1.88 bits per heavy atom. The topological polar surface area (TPSA) is 58.3 Å². The molecule has 1 atom stereocenters. The van der Waals surface area contributed by atoms with Gasteiger partial charge in [-0.3, -0.25) is 11.3 Å². The summed E-state index contributed by atoms with van der Waals surface area (Å²) in [6, 6.07) is 7.22. The minimum atomic E-state index is -1.40. The Morgan fingerprint density at radius 1 is 1.29 bits per heavy atom. The molecule has 0 aliphatic heterocycles. The van der Waals surface area contributed by atoms with Crippen molar-refractivity contribution in [3.05, 3.63) is 34.9 Å². The van der Waals surface area contributed by atoms with Crippen LogP contribution in [0, 0.1) is 0 Å². The molecule has 1 aromatic carbocycles. The smallest absolute Gasteiger partial charge is 0.156 e. The van der Waals surface area contributed by atoms with Gasteiger partial charge in [0.05, 0.1) is 6.54 Å². The number of nitrogens with two attached hydrogens (primary N) is 1. The van der Waals surface area contributed by atoms with Crippen LogP contribution in [0.5, 0.6) is 0 Å². The lowest BCUT2D eigenvalue weighted by atomic mass is 10.1. The molecule has 17 heavy (non-hydrogen) atoms. The summed E-state index contributed by atoms with van der Waals surface area (Å²) in [4.78, 5) is 0. The lowest BCUT2D eigenvalue weighted by Crippen LogP contribution is -2.40. The first-order valence-electron chi connectivity index (χ1n) is 5.63. The third-order valence-corrected chi connectivity index (χ3v) is 2.78. The highest BCUT2D eigenvalue weighted by molar-refractivity contribution is 6.31. The van der Waals surface area contributed by atoms with E-state index in [0.29, 0.717) is 5.02 Å². The molecular formula is C12H18Cl2N2O. The molecule has 0 radical (unpaired) electrons. The van der Waals surface area contributed by atoms with E-state index in [4.69, 9.17) is 29.0 Å². The minimum Gasteiger partial charge on any atom is -0.373 e. The number of hydrogen-bond acceptors (Lipinski definition) is 3. The first-order chi connectivity index (χ1) is 8.05. The molecule has 0 heterocycles. The first kappa shape index (κ1) is 14.7. The van der Waals surface area contributed by atoms with E-state index in [-0.39, 0.29) is 13.0 Å². The second kappa shape index (κ2) is 7.19. The van der Waals surface area contributed by atoms with Gasteiger partial charge in [-0.05, 0) is 11.6 Å². The van der Waals surface area contributed by atoms with Gasteiger partial charge in [0.2, 0.25) is 0 Å². The van der Waals surface area contributed by atoms with Gasteiger partial charge in [0.15, 0.2) is 5.06 Å². The second-order valence-corrected chi connectivity index (χ2v) is 5.24. The normalized spacial score (nSPS) is 16.7. The molecule has 1 aromatic rings. The van der Waals surface area contributed by atoms with Crippen molar-refractivity contribution in [3.8, 4) is 0 Å². The molecule has 1 fully saturated rings. The number of halogens is 2. The summed E-state index contributed by atoms with van der Waals surface area (Å²) < 4.78 is 0. The van der Waals surface area contributed by atoms with Crippen LogP contribution < -0.4 is 11.3 Å². The van der Waals surface area contributed by atoms with E-state index in [2.05, 4.69) is 5.43 Å². The van der Waals surface area contributed by atoms with Gasteiger partial charge in [-0.25, -0.2) is 0 Å². The van der Waals surface area contributed by atoms with Crippen molar-refractivity contribution in [1.82, 2.24) is 5.43 Å². The van der Waals surface area contributed by atoms with Crippen LogP contribution in [-0.4, -0.2) is 16.7 Å². The van der Waals surface area contributed by atoms with Crippen LogP contribution in [0.3, 0.4) is 0 Å². The quantitative estimate of drug-likeness (QED) is 0.450. The molecule has 0 spiro atoms. The highest BCUT2D eigenvalue weighted by atomic mass is 35.5. The van der Waals surface area contributed by atoms with Crippen molar-refractivity contribution >= 4 is 23.2 Å². The number of rotatable bonds is 4. The lowest BCUT2D eigenvalue weighted by molar-refractivity contribution is 0.127. The van der Waals surface area contributed by atoms with Gasteiger partial charge in [-0.1, -0.05) is 60.7 Å². The van der Waals surface area contributed by atoms with Crippen LogP contribution in [0.15, 0.2) is 24.3 Å². The van der Waals surface area contributed by atoms with Crippen molar-refractivity contribution in [2.45, 2.75) is 30.7 Å². The van der Waals surface area contributed by atoms with Gasteiger partial charge >= 0.3 is 0 Å². The Bertz CT molecular complexity index is 340. The molecule has 1 saturated carbocycles. The summed E-state index contributed by atoms with van der Waals surface area (Å²) in [5.74, 6) is 5.08. The van der Waals surface area contributed by atoms with Crippen LogP contribution in [0.4, 0.5) is 0 Å². The fraction of sp³-hybridized carbons (Fsp3) is 0.500. The highest BCUT2D eigenvalue weighted by Gasteiger charge is 2.23. The first-order valence-corrected chi connectivity index (χ1v) is 6.39. The van der Waals surface area contributed by atoms with Crippen molar-refractivity contribution in [2.24, 2.45) is 5.84 Å². The van der Waals surface area contributed by atoms with Crippen LogP contribution in [0.2, 0.25) is 5.02 Å². The number of aliphatic hydroxyl groups is 1. The SMILES string of the molecule is C1CC1.NNCC(O)(Cl)Cc1ccccc1Cl. The standard InChI is InChI=1S/C9H12Cl2N2O.C3H6/c10-8-4-2-1-3-7(8)5-9(11,14)6-13-12;1-2-3-1/h1-4,13-14H,5-6,12H2;1-3H2. The largest absolute Gasteiger partial charge is 0.373 e. The van der Waals surface area contributed by atoms with Gasteiger partial charge in [-0.2, -0.15) is 0 Å².